The molecule has 0 aromatic heterocycles. The molecule has 106 valence electrons. The van der Waals surface area contributed by atoms with Gasteiger partial charge in [-0.15, -0.1) is 0 Å². The first-order chi connectivity index (χ1) is 9.24. The second-order valence-electron chi connectivity index (χ2n) is 4.80. The van der Waals surface area contributed by atoms with Gasteiger partial charge < -0.3 is 4.74 Å². The van der Waals surface area contributed by atoms with Gasteiger partial charge in [0, 0.05) is 27.3 Å². The molecular formula is C13H12INO4S. The predicted octanol–water partition coefficient (Wildman–Crippen LogP) is 3.94. The molecule has 1 rings (SSSR count). The maximum absolute atomic E-state index is 11.9. The van der Waals surface area contributed by atoms with E-state index in [9.17, 15) is 14.9 Å². The zero-order chi connectivity index (χ0) is 15.3. The summed E-state index contributed by atoms with van der Waals surface area (Å²) in [6.45, 7) is 5.20. The Morgan fingerprint density at radius 3 is 2.60 bits per heavy atom. The molecule has 0 N–H and O–H groups in total. The second-order valence-corrected chi connectivity index (χ2v) is 6.47. The number of ether oxygens (including phenoxy) is 1. The fraction of sp³-hybridized carbons (Fsp3) is 0.308. The predicted molar refractivity (Wildman–Crippen MR) is 86.8 cm³/mol. The topological polar surface area (TPSA) is 69.4 Å². The first-order valence-electron chi connectivity index (χ1n) is 5.55. The number of esters is 1. The monoisotopic (exact) mass is 405 g/mol. The van der Waals surface area contributed by atoms with Crippen molar-refractivity contribution in [1.29, 1.82) is 0 Å². The number of nitro groups is 1. The largest absolute Gasteiger partial charge is 0.456 e. The standard InChI is InChI=1S/C13H12INO4S/c1-13(2,3)19-12(16)10-5-4-9(6-7-20-14)11(8-10)15(17)18/h4-5,8H,1-3H3. The minimum Gasteiger partial charge on any atom is -0.456 e. The van der Waals surface area contributed by atoms with Crippen LogP contribution in [0.3, 0.4) is 0 Å². The van der Waals surface area contributed by atoms with E-state index in [2.05, 4.69) is 11.2 Å². The van der Waals surface area contributed by atoms with Crippen LogP contribution in [-0.2, 0) is 4.74 Å². The lowest BCUT2D eigenvalue weighted by Gasteiger charge is -2.19. The van der Waals surface area contributed by atoms with Gasteiger partial charge in [0.1, 0.15) is 11.2 Å². The summed E-state index contributed by atoms with van der Waals surface area (Å²) in [5.74, 6) is 2.08. The Hall–Kier alpha value is -1.27. The van der Waals surface area contributed by atoms with Crippen LogP contribution in [0.25, 0.3) is 0 Å². The van der Waals surface area contributed by atoms with Gasteiger partial charge in [-0.2, -0.15) is 0 Å². The van der Waals surface area contributed by atoms with Gasteiger partial charge >= 0.3 is 5.97 Å². The maximum atomic E-state index is 11.9. The SMILES string of the molecule is CC(C)(C)OC(=O)c1ccc(C#CSI)c([N+](=O)[O-])c1. The van der Waals surface area contributed by atoms with Gasteiger partial charge in [0.2, 0.25) is 0 Å². The number of carbonyl (C=O) groups excluding carboxylic acids is 1. The van der Waals surface area contributed by atoms with Gasteiger partial charge in [0.05, 0.1) is 10.5 Å². The van der Waals surface area contributed by atoms with Crippen LogP contribution in [0.2, 0.25) is 0 Å². The molecule has 0 aliphatic carbocycles. The number of rotatable bonds is 2. The first kappa shape index (κ1) is 16.8. The number of nitro benzene ring substituents is 1. The average molecular weight is 405 g/mol. The molecule has 0 heterocycles. The van der Waals surface area contributed by atoms with E-state index in [0.29, 0.717) is 0 Å². The summed E-state index contributed by atoms with van der Waals surface area (Å²) >= 11 is 1.97. The van der Waals surface area contributed by atoms with Crippen molar-refractivity contribution < 1.29 is 14.5 Å². The molecule has 0 amide bonds. The summed E-state index contributed by atoms with van der Waals surface area (Å²) in [7, 11) is 1.23. The molecule has 0 unspecified atom stereocenters. The third kappa shape index (κ3) is 5.02. The highest BCUT2D eigenvalue weighted by Gasteiger charge is 2.21. The second kappa shape index (κ2) is 6.95. The van der Waals surface area contributed by atoms with Crippen molar-refractivity contribution in [2.45, 2.75) is 26.4 Å². The lowest BCUT2D eigenvalue weighted by Crippen LogP contribution is -2.23. The molecule has 0 aliphatic rings. The van der Waals surface area contributed by atoms with E-state index in [1.54, 1.807) is 20.8 Å². The molecule has 0 spiro atoms. The van der Waals surface area contributed by atoms with Crippen molar-refractivity contribution in [2.24, 2.45) is 0 Å². The van der Waals surface area contributed by atoms with Crippen molar-refractivity contribution in [3.05, 3.63) is 39.4 Å². The quantitative estimate of drug-likeness (QED) is 0.245. The lowest BCUT2D eigenvalue weighted by atomic mass is 10.1. The highest BCUT2D eigenvalue weighted by molar-refractivity contribution is 14.2. The number of nitrogens with zero attached hydrogens (tertiary/aromatic N) is 1. The normalized spacial score (nSPS) is 10.4. The van der Waals surface area contributed by atoms with Gasteiger partial charge in [-0.05, 0) is 53.0 Å². The Balaban J connectivity index is 3.17. The summed E-state index contributed by atoms with van der Waals surface area (Å²) in [4.78, 5) is 22.3. The Labute approximate surface area is 133 Å². The Morgan fingerprint density at radius 1 is 1.45 bits per heavy atom. The summed E-state index contributed by atoms with van der Waals surface area (Å²) in [6.07, 6.45) is 0. The van der Waals surface area contributed by atoms with Crippen LogP contribution in [0, 0.1) is 21.3 Å². The molecule has 0 atom stereocenters. The molecule has 0 bridgehead atoms. The fourth-order valence-electron chi connectivity index (χ4n) is 1.33. The zero-order valence-electron chi connectivity index (χ0n) is 11.1. The van der Waals surface area contributed by atoms with Crippen molar-refractivity contribution >= 4 is 41.8 Å². The highest BCUT2D eigenvalue weighted by atomic mass is 127. The van der Waals surface area contributed by atoms with Crippen molar-refractivity contribution in [1.82, 2.24) is 0 Å². The fourth-order valence-corrected chi connectivity index (χ4v) is 1.81. The van der Waals surface area contributed by atoms with Gasteiger partial charge in [-0.3, -0.25) is 10.1 Å². The van der Waals surface area contributed by atoms with E-state index in [1.165, 1.54) is 27.1 Å². The number of halogens is 1. The van der Waals surface area contributed by atoms with Crippen molar-refractivity contribution in [2.75, 3.05) is 0 Å². The van der Waals surface area contributed by atoms with E-state index in [-0.39, 0.29) is 16.8 Å². The number of hydrogen-bond donors (Lipinski definition) is 0. The summed E-state index contributed by atoms with van der Waals surface area (Å²) in [6, 6.07) is 4.12. The smallest absolute Gasteiger partial charge is 0.338 e. The molecule has 0 aliphatic heterocycles. The van der Waals surface area contributed by atoms with Crippen LogP contribution in [0.5, 0.6) is 0 Å². The summed E-state index contributed by atoms with van der Waals surface area (Å²) < 4.78 is 5.18. The van der Waals surface area contributed by atoms with Crippen LogP contribution >= 0.6 is 30.1 Å². The van der Waals surface area contributed by atoms with Gasteiger partial charge in [0.15, 0.2) is 0 Å². The Bertz CT molecular complexity index is 599. The summed E-state index contributed by atoms with van der Waals surface area (Å²) in [5, 5.41) is 13.7. The summed E-state index contributed by atoms with van der Waals surface area (Å²) in [5.41, 5.74) is -0.445. The molecule has 0 saturated carbocycles. The third-order valence-electron chi connectivity index (χ3n) is 2.05. The van der Waals surface area contributed by atoms with E-state index in [1.807, 2.05) is 21.2 Å². The number of carbonyl (C=O) groups is 1. The Kier molecular flexibility index (Phi) is 5.83. The molecule has 0 saturated heterocycles. The van der Waals surface area contributed by atoms with Crippen molar-refractivity contribution in [3.63, 3.8) is 0 Å². The van der Waals surface area contributed by atoms with Crippen LogP contribution in [-0.4, -0.2) is 16.5 Å². The zero-order valence-corrected chi connectivity index (χ0v) is 14.1. The molecule has 0 radical (unpaired) electrons. The van der Waals surface area contributed by atoms with Gasteiger partial charge in [-0.25, -0.2) is 4.79 Å². The number of benzene rings is 1. The minimum absolute atomic E-state index is 0.138. The number of hydrogen-bond acceptors (Lipinski definition) is 5. The van der Waals surface area contributed by atoms with Gasteiger partial charge in [-0.1, -0.05) is 0 Å². The first-order valence-corrected chi connectivity index (χ1v) is 8.91. The molecule has 20 heavy (non-hydrogen) atoms. The maximum Gasteiger partial charge on any atom is 0.338 e. The third-order valence-corrected chi connectivity index (χ3v) is 2.89. The molecule has 7 heteroatoms. The van der Waals surface area contributed by atoms with E-state index in [0.717, 1.165) is 0 Å². The van der Waals surface area contributed by atoms with Gasteiger partial charge in [0.25, 0.3) is 5.69 Å². The van der Waals surface area contributed by atoms with Crippen LogP contribution in [0.15, 0.2) is 18.2 Å². The van der Waals surface area contributed by atoms with Crippen LogP contribution in [0.1, 0.15) is 36.7 Å². The average Bonchev–Trinajstić information content (AvgIpc) is 2.33. The molecule has 1 aromatic rings. The van der Waals surface area contributed by atoms with Crippen LogP contribution < -0.4 is 0 Å². The molecule has 5 nitrogen and oxygen atoms in total. The molecule has 0 fully saturated rings. The highest BCUT2D eigenvalue weighted by Crippen LogP contribution is 2.22. The van der Waals surface area contributed by atoms with E-state index < -0.39 is 16.5 Å². The molecule has 1 aromatic carbocycles. The van der Waals surface area contributed by atoms with E-state index in [4.69, 9.17) is 4.74 Å². The van der Waals surface area contributed by atoms with E-state index >= 15 is 0 Å². The van der Waals surface area contributed by atoms with Crippen molar-refractivity contribution in [3.8, 4) is 11.2 Å². The Morgan fingerprint density at radius 2 is 2.10 bits per heavy atom. The lowest BCUT2D eigenvalue weighted by molar-refractivity contribution is -0.385. The minimum atomic E-state index is -0.651. The van der Waals surface area contributed by atoms with Crippen LogP contribution in [0.4, 0.5) is 5.69 Å². The molecular weight excluding hydrogens is 393 g/mol.